The molecule has 1 aliphatic rings. The van der Waals surface area contributed by atoms with Gasteiger partial charge in [0.25, 0.3) is 0 Å². The summed E-state index contributed by atoms with van der Waals surface area (Å²) < 4.78 is 0. The van der Waals surface area contributed by atoms with Gasteiger partial charge in [0.1, 0.15) is 5.69 Å². The fraction of sp³-hybridized carbons (Fsp3) is 0.267. The Morgan fingerprint density at radius 1 is 0.944 bits per heavy atom. The van der Waals surface area contributed by atoms with Crippen LogP contribution < -0.4 is 4.90 Å². The Bertz CT molecular complexity index is 1450. The lowest BCUT2D eigenvalue weighted by molar-refractivity contribution is 0.0682. The van der Waals surface area contributed by atoms with E-state index in [1.54, 1.807) is 18.2 Å². The Hall–Kier alpha value is -4.06. The Morgan fingerprint density at radius 2 is 1.78 bits per heavy atom. The van der Waals surface area contributed by atoms with E-state index < -0.39 is 11.9 Å². The fourth-order valence-electron chi connectivity index (χ4n) is 5.49. The first-order chi connectivity index (χ1) is 17.4. The van der Waals surface area contributed by atoms with Crippen molar-refractivity contribution in [2.45, 2.75) is 39.0 Å². The van der Waals surface area contributed by atoms with Crippen LogP contribution in [0.4, 0.5) is 5.69 Å². The summed E-state index contributed by atoms with van der Waals surface area (Å²) in [4.78, 5) is 29.1. The van der Waals surface area contributed by atoms with Crippen molar-refractivity contribution >= 4 is 28.5 Å². The van der Waals surface area contributed by atoms with Crippen LogP contribution in [0.15, 0.2) is 60.7 Å². The molecule has 0 radical (unpaired) electrons. The molecule has 184 valence electrons. The third-order valence-corrected chi connectivity index (χ3v) is 7.23. The number of carbonyl (C=O) groups is 2. The molecule has 3 N–H and O–H groups in total. The van der Waals surface area contributed by atoms with Gasteiger partial charge in [0.15, 0.2) is 0 Å². The molecule has 0 fully saturated rings. The van der Waals surface area contributed by atoms with Crippen LogP contribution in [0.1, 0.15) is 56.8 Å². The predicted molar refractivity (Wildman–Crippen MR) is 142 cm³/mol. The summed E-state index contributed by atoms with van der Waals surface area (Å²) in [5.41, 5.74) is 7.42. The zero-order chi connectivity index (χ0) is 25.2. The SMILES string of the molecule is Cc1cc(C(=O)O)ccc1-c1cccc2c(CCCCN3CCCc4ccccc43)c(C(=O)O)[nH]c12. The van der Waals surface area contributed by atoms with Crippen LogP contribution in [-0.4, -0.2) is 40.2 Å². The molecule has 0 bridgehead atoms. The lowest BCUT2D eigenvalue weighted by Gasteiger charge is -2.31. The van der Waals surface area contributed by atoms with Crippen molar-refractivity contribution < 1.29 is 19.8 Å². The molecule has 0 atom stereocenters. The molecule has 5 rings (SSSR count). The molecule has 1 aromatic heterocycles. The van der Waals surface area contributed by atoms with E-state index >= 15 is 0 Å². The second-order valence-electron chi connectivity index (χ2n) is 9.52. The average molecular weight is 483 g/mol. The second kappa shape index (κ2) is 9.90. The average Bonchev–Trinajstić information content (AvgIpc) is 3.26. The smallest absolute Gasteiger partial charge is 0.352 e. The summed E-state index contributed by atoms with van der Waals surface area (Å²) in [6.07, 6.45) is 4.85. The van der Waals surface area contributed by atoms with Gasteiger partial charge in [0.05, 0.1) is 11.1 Å². The minimum absolute atomic E-state index is 0.234. The number of rotatable bonds is 8. The Kier molecular flexibility index (Phi) is 6.51. The topological polar surface area (TPSA) is 93.6 Å². The molecular formula is C30H30N2O4. The van der Waals surface area contributed by atoms with Gasteiger partial charge in [-0.05, 0) is 79.5 Å². The predicted octanol–water partition coefficient (Wildman–Crippen LogP) is 6.32. The van der Waals surface area contributed by atoms with Gasteiger partial charge in [0.2, 0.25) is 0 Å². The highest BCUT2D eigenvalue weighted by Gasteiger charge is 2.20. The Morgan fingerprint density at radius 3 is 2.56 bits per heavy atom. The highest BCUT2D eigenvalue weighted by molar-refractivity contribution is 6.03. The Labute approximate surface area is 210 Å². The first-order valence-corrected chi connectivity index (χ1v) is 12.5. The molecule has 6 nitrogen and oxygen atoms in total. The van der Waals surface area contributed by atoms with Crippen LogP contribution in [0.3, 0.4) is 0 Å². The van der Waals surface area contributed by atoms with Crippen molar-refractivity contribution in [3.8, 4) is 11.1 Å². The van der Waals surface area contributed by atoms with Gasteiger partial charge in [0, 0.05) is 29.7 Å². The number of nitrogens with zero attached hydrogens (tertiary/aromatic N) is 1. The number of anilines is 1. The lowest BCUT2D eigenvalue weighted by atomic mass is 9.95. The number of hydrogen-bond acceptors (Lipinski definition) is 3. The molecule has 0 spiro atoms. The third-order valence-electron chi connectivity index (χ3n) is 7.23. The van der Waals surface area contributed by atoms with Gasteiger partial charge >= 0.3 is 11.9 Å². The maximum Gasteiger partial charge on any atom is 0.352 e. The van der Waals surface area contributed by atoms with Gasteiger partial charge in [-0.2, -0.15) is 0 Å². The largest absolute Gasteiger partial charge is 0.478 e. The van der Waals surface area contributed by atoms with Crippen LogP contribution in [0, 0.1) is 6.92 Å². The van der Waals surface area contributed by atoms with Crippen molar-refractivity contribution in [1.29, 1.82) is 0 Å². The van der Waals surface area contributed by atoms with Crippen LogP contribution in [0.5, 0.6) is 0 Å². The third kappa shape index (κ3) is 4.47. The van der Waals surface area contributed by atoms with E-state index in [1.807, 2.05) is 25.1 Å². The van der Waals surface area contributed by atoms with Gasteiger partial charge in [-0.25, -0.2) is 9.59 Å². The molecule has 36 heavy (non-hydrogen) atoms. The maximum atomic E-state index is 12.1. The van der Waals surface area contributed by atoms with E-state index in [0.29, 0.717) is 6.42 Å². The molecule has 0 aliphatic carbocycles. The van der Waals surface area contributed by atoms with E-state index in [-0.39, 0.29) is 11.3 Å². The number of aromatic nitrogens is 1. The molecule has 4 aromatic rings. The summed E-state index contributed by atoms with van der Waals surface area (Å²) in [7, 11) is 0. The monoisotopic (exact) mass is 482 g/mol. The first kappa shape index (κ1) is 23.7. The fourth-order valence-corrected chi connectivity index (χ4v) is 5.49. The number of unbranched alkanes of at least 4 members (excludes halogenated alkanes) is 1. The number of para-hydroxylation sites is 2. The van der Waals surface area contributed by atoms with Gasteiger partial charge in [-0.15, -0.1) is 0 Å². The van der Waals surface area contributed by atoms with Crippen LogP contribution in [0.25, 0.3) is 22.0 Å². The van der Waals surface area contributed by atoms with Crippen molar-refractivity contribution in [2.24, 2.45) is 0 Å². The summed E-state index contributed by atoms with van der Waals surface area (Å²) in [6.45, 7) is 3.90. The van der Waals surface area contributed by atoms with Crippen molar-refractivity contribution in [1.82, 2.24) is 4.98 Å². The number of carboxylic acid groups (broad SMARTS) is 2. The van der Waals surface area contributed by atoms with Gasteiger partial charge < -0.3 is 20.1 Å². The van der Waals surface area contributed by atoms with Crippen LogP contribution >= 0.6 is 0 Å². The van der Waals surface area contributed by atoms with E-state index in [0.717, 1.165) is 71.9 Å². The van der Waals surface area contributed by atoms with E-state index in [4.69, 9.17) is 0 Å². The number of carboxylic acids is 2. The summed E-state index contributed by atoms with van der Waals surface area (Å²) in [5, 5.41) is 20.2. The van der Waals surface area contributed by atoms with Gasteiger partial charge in [-0.3, -0.25) is 0 Å². The van der Waals surface area contributed by atoms with E-state index in [9.17, 15) is 19.8 Å². The molecule has 0 saturated carbocycles. The molecule has 0 unspecified atom stereocenters. The molecule has 0 amide bonds. The molecule has 6 heteroatoms. The number of hydrogen-bond donors (Lipinski definition) is 3. The molecule has 0 saturated heterocycles. The maximum absolute atomic E-state index is 12.1. The van der Waals surface area contributed by atoms with Crippen LogP contribution in [-0.2, 0) is 12.8 Å². The highest BCUT2D eigenvalue weighted by atomic mass is 16.4. The summed E-state index contributed by atoms with van der Waals surface area (Å²) in [6, 6.07) is 19.5. The number of H-pyrrole nitrogens is 1. The number of nitrogens with one attached hydrogen (secondary N) is 1. The highest BCUT2D eigenvalue weighted by Crippen LogP contribution is 2.35. The molecule has 3 aromatic carbocycles. The number of aromatic carboxylic acids is 2. The Balaban J connectivity index is 1.39. The standard InChI is InChI=1S/C30H30N2O4/c1-19-18-21(29(33)34)14-15-22(19)23-11-6-12-24-25(28(30(35)36)31-27(23)24)10-4-5-16-32-17-7-9-20-8-2-3-13-26(20)32/h2-3,6,8,11-15,18,31H,4-5,7,9-10,16-17H2,1H3,(H,33,34)(H,35,36). The number of benzene rings is 3. The lowest BCUT2D eigenvalue weighted by Crippen LogP contribution is -2.30. The number of fused-ring (bicyclic) bond motifs is 2. The summed E-state index contributed by atoms with van der Waals surface area (Å²) >= 11 is 0. The normalized spacial score (nSPS) is 13.1. The summed E-state index contributed by atoms with van der Waals surface area (Å²) in [5.74, 6) is -1.93. The zero-order valence-corrected chi connectivity index (χ0v) is 20.4. The minimum Gasteiger partial charge on any atom is -0.478 e. The number of aryl methyl sites for hydroxylation is 3. The van der Waals surface area contributed by atoms with Crippen molar-refractivity contribution in [3.05, 3.63) is 88.6 Å². The second-order valence-corrected chi connectivity index (χ2v) is 9.52. The quantitative estimate of drug-likeness (QED) is 0.256. The van der Waals surface area contributed by atoms with Crippen molar-refractivity contribution in [2.75, 3.05) is 18.0 Å². The van der Waals surface area contributed by atoms with E-state index in [2.05, 4.69) is 34.1 Å². The van der Waals surface area contributed by atoms with Crippen molar-refractivity contribution in [3.63, 3.8) is 0 Å². The molecular weight excluding hydrogens is 452 g/mol. The van der Waals surface area contributed by atoms with Gasteiger partial charge in [-0.1, -0.05) is 42.5 Å². The first-order valence-electron chi connectivity index (χ1n) is 12.5. The zero-order valence-electron chi connectivity index (χ0n) is 20.4. The van der Waals surface area contributed by atoms with Crippen LogP contribution in [0.2, 0.25) is 0 Å². The minimum atomic E-state index is -0.966. The molecule has 2 heterocycles. The van der Waals surface area contributed by atoms with E-state index in [1.165, 1.54) is 11.3 Å². The molecule has 1 aliphatic heterocycles. The number of aromatic amines is 1.